The zero-order valence-electron chi connectivity index (χ0n) is 6.94. The van der Waals surface area contributed by atoms with Crippen LogP contribution in [-0.4, -0.2) is 12.2 Å². The molecule has 1 aromatic carbocycles. The fourth-order valence-corrected chi connectivity index (χ4v) is 0.973. The Morgan fingerprint density at radius 2 is 1.64 bits per heavy atom. The number of halogens is 4. The monoisotopic (exact) mass is 206 g/mol. The van der Waals surface area contributed by atoms with E-state index < -0.39 is 30.3 Å². The standard InChI is InChI=1S/C9H6F4O/c10-6-1-5(2-7(11)3-6)8(14)4-9(12)13/h1-3,9H,4H2. The van der Waals surface area contributed by atoms with Crippen molar-refractivity contribution < 1.29 is 22.4 Å². The third kappa shape index (κ3) is 2.83. The first-order chi connectivity index (χ1) is 6.49. The molecule has 0 aliphatic heterocycles. The fraction of sp³-hybridized carbons (Fsp3) is 0.222. The van der Waals surface area contributed by atoms with Crippen LogP contribution in [0.2, 0.25) is 0 Å². The van der Waals surface area contributed by atoms with E-state index in [-0.39, 0.29) is 5.56 Å². The number of rotatable bonds is 3. The van der Waals surface area contributed by atoms with E-state index in [2.05, 4.69) is 0 Å². The summed E-state index contributed by atoms with van der Waals surface area (Å²) in [6.45, 7) is 0. The van der Waals surface area contributed by atoms with Gasteiger partial charge in [0.15, 0.2) is 5.78 Å². The number of ketones is 1. The second kappa shape index (κ2) is 4.21. The summed E-state index contributed by atoms with van der Waals surface area (Å²) in [5.74, 6) is -2.89. The van der Waals surface area contributed by atoms with Crippen LogP contribution in [0.1, 0.15) is 16.8 Å². The van der Waals surface area contributed by atoms with E-state index in [4.69, 9.17) is 0 Å². The molecule has 1 nitrogen and oxygen atoms in total. The van der Waals surface area contributed by atoms with Gasteiger partial charge >= 0.3 is 0 Å². The number of carbonyl (C=O) groups is 1. The van der Waals surface area contributed by atoms with Crippen molar-refractivity contribution in [3.8, 4) is 0 Å². The van der Waals surface area contributed by atoms with E-state index in [1.807, 2.05) is 0 Å². The summed E-state index contributed by atoms with van der Waals surface area (Å²) in [5.41, 5.74) is -0.372. The molecule has 0 spiro atoms. The maximum Gasteiger partial charge on any atom is 0.245 e. The molecule has 0 radical (unpaired) electrons. The summed E-state index contributed by atoms with van der Waals surface area (Å²) < 4.78 is 48.6. The van der Waals surface area contributed by atoms with Crippen molar-refractivity contribution in [3.63, 3.8) is 0 Å². The van der Waals surface area contributed by atoms with E-state index in [0.717, 1.165) is 12.1 Å². The topological polar surface area (TPSA) is 17.1 Å². The lowest BCUT2D eigenvalue weighted by Crippen LogP contribution is -2.05. The fourth-order valence-electron chi connectivity index (χ4n) is 0.973. The quantitative estimate of drug-likeness (QED) is 0.549. The molecule has 0 fully saturated rings. The molecule has 0 aliphatic rings. The summed E-state index contributed by atoms with van der Waals surface area (Å²) >= 11 is 0. The minimum Gasteiger partial charge on any atom is -0.294 e. The Kier molecular flexibility index (Phi) is 3.22. The van der Waals surface area contributed by atoms with Crippen LogP contribution in [0.5, 0.6) is 0 Å². The van der Waals surface area contributed by atoms with Gasteiger partial charge in [-0.15, -0.1) is 0 Å². The first-order valence-electron chi connectivity index (χ1n) is 3.76. The molecule has 0 aliphatic carbocycles. The van der Waals surface area contributed by atoms with E-state index >= 15 is 0 Å². The lowest BCUT2D eigenvalue weighted by Gasteiger charge is -2.00. The molecule has 0 saturated carbocycles. The van der Waals surface area contributed by atoms with Crippen molar-refractivity contribution in [2.45, 2.75) is 12.8 Å². The van der Waals surface area contributed by atoms with Crippen molar-refractivity contribution in [2.24, 2.45) is 0 Å². The number of hydrogen-bond acceptors (Lipinski definition) is 1. The van der Waals surface area contributed by atoms with Gasteiger partial charge in [-0.25, -0.2) is 17.6 Å². The molecule has 5 heteroatoms. The molecule has 0 heterocycles. The Morgan fingerprint density at radius 1 is 1.14 bits per heavy atom. The largest absolute Gasteiger partial charge is 0.294 e. The molecular formula is C9H6F4O. The summed E-state index contributed by atoms with van der Waals surface area (Å²) in [6.07, 6.45) is -3.84. The molecular weight excluding hydrogens is 200 g/mol. The molecule has 0 atom stereocenters. The number of carbonyl (C=O) groups excluding carboxylic acids is 1. The zero-order valence-corrected chi connectivity index (χ0v) is 6.94. The molecule has 1 aromatic rings. The molecule has 0 N–H and O–H groups in total. The number of benzene rings is 1. The van der Waals surface area contributed by atoms with Gasteiger partial charge < -0.3 is 0 Å². The van der Waals surface area contributed by atoms with Crippen molar-refractivity contribution >= 4 is 5.78 Å². The zero-order chi connectivity index (χ0) is 10.7. The van der Waals surface area contributed by atoms with Crippen molar-refractivity contribution in [3.05, 3.63) is 35.4 Å². The second-order valence-electron chi connectivity index (χ2n) is 2.68. The highest BCUT2D eigenvalue weighted by molar-refractivity contribution is 5.96. The highest BCUT2D eigenvalue weighted by atomic mass is 19.3. The Balaban J connectivity index is 2.90. The van der Waals surface area contributed by atoms with Crippen LogP contribution in [0, 0.1) is 11.6 Å². The highest BCUT2D eigenvalue weighted by Crippen LogP contribution is 2.12. The maximum atomic E-state index is 12.5. The Morgan fingerprint density at radius 3 is 2.07 bits per heavy atom. The molecule has 1 rings (SSSR count). The van der Waals surface area contributed by atoms with Gasteiger partial charge in [0.1, 0.15) is 11.6 Å². The van der Waals surface area contributed by atoms with Crippen molar-refractivity contribution in [2.75, 3.05) is 0 Å². The van der Waals surface area contributed by atoms with Gasteiger partial charge in [-0.3, -0.25) is 4.79 Å². The normalized spacial score (nSPS) is 10.6. The molecule has 76 valence electrons. The third-order valence-corrected chi connectivity index (χ3v) is 1.52. The predicted octanol–water partition coefficient (Wildman–Crippen LogP) is 2.80. The summed E-state index contributed by atoms with van der Waals surface area (Å²) in [6, 6.07) is 2.03. The summed E-state index contributed by atoms with van der Waals surface area (Å²) in [7, 11) is 0. The van der Waals surface area contributed by atoms with Crippen LogP contribution in [0.3, 0.4) is 0 Å². The average Bonchev–Trinajstić information content (AvgIpc) is 2.00. The van der Waals surface area contributed by atoms with E-state index in [1.54, 1.807) is 0 Å². The summed E-state index contributed by atoms with van der Waals surface area (Å²) in [5, 5.41) is 0. The predicted molar refractivity (Wildman–Crippen MR) is 41.3 cm³/mol. The Bertz CT molecular complexity index is 328. The number of Topliss-reactive ketones (excluding diaryl/α,β-unsaturated/α-hetero) is 1. The lowest BCUT2D eigenvalue weighted by atomic mass is 10.1. The molecule has 0 saturated heterocycles. The SMILES string of the molecule is O=C(CC(F)F)c1cc(F)cc(F)c1. The van der Waals surface area contributed by atoms with Crippen LogP contribution in [0.4, 0.5) is 17.6 Å². The van der Waals surface area contributed by atoms with E-state index in [9.17, 15) is 22.4 Å². The first-order valence-corrected chi connectivity index (χ1v) is 3.76. The van der Waals surface area contributed by atoms with Crippen LogP contribution in [0.15, 0.2) is 18.2 Å². The number of alkyl halides is 2. The lowest BCUT2D eigenvalue weighted by molar-refractivity contribution is 0.0828. The van der Waals surface area contributed by atoms with Crippen molar-refractivity contribution in [1.82, 2.24) is 0 Å². The molecule has 0 amide bonds. The Hall–Kier alpha value is -1.39. The van der Waals surface area contributed by atoms with Crippen LogP contribution >= 0.6 is 0 Å². The van der Waals surface area contributed by atoms with E-state index in [0.29, 0.717) is 6.07 Å². The molecule has 0 aromatic heterocycles. The molecule has 0 unspecified atom stereocenters. The van der Waals surface area contributed by atoms with Gasteiger partial charge in [0.2, 0.25) is 6.43 Å². The molecule has 14 heavy (non-hydrogen) atoms. The van der Waals surface area contributed by atoms with Crippen LogP contribution < -0.4 is 0 Å². The first kappa shape index (κ1) is 10.7. The van der Waals surface area contributed by atoms with Gasteiger partial charge in [-0.05, 0) is 12.1 Å². The molecule has 0 bridgehead atoms. The highest BCUT2D eigenvalue weighted by Gasteiger charge is 2.14. The van der Waals surface area contributed by atoms with Gasteiger partial charge in [0.05, 0.1) is 6.42 Å². The second-order valence-corrected chi connectivity index (χ2v) is 2.68. The maximum absolute atomic E-state index is 12.5. The van der Waals surface area contributed by atoms with Gasteiger partial charge in [-0.1, -0.05) is 0 Å². The van der Waals surface area contributed by atoms with Crippen LogP contribution in [0.25, 0.3) is 0 Å². The minimum atomic E-state index is -2.81. The number of hydrogen-bond donors (Lipinski definition) is 0. The van der Waals surface area contributed by atoms with E-state index in [1.165, 1.54) is 0 Å². The van der Waals surface area contributed by atoms with Gasteiger partial charge in [0, 0.05) is 11.6 Å². The van der Waals surface area contributed by atoms with Crippen molar-refractivity contribution in [1.29, 1.82) is 0 Å². The van der Waals surface area contributed by atoms with Crippen LogP contribution in [-0.2, 0) is 0 Å². The summed E-state index contributed by atoms with van der Waals surface area (Å²) in [4.78, 5) is 10.9. The van der Waals surface area contributed by atoms with Gasteiger partial charge in [-0.2, -0.15) is 0 Å². The smallest absolute Gasteiger partial charge is 0.245 e. The Labute approximate surface area is 77.3 Å². The van der Waals surface area contributed by atoms with Gasteiger partial charge in [0.25, 0.3) is 0 Å². The minimum absolute atomic E-state index is 0.372. The third-order valence-electron chi connectivity index (χ3n) is 1.52. The average molecular weight is 206 g/mol.